The Labute approximate surface area is 195 Å². The summed E-state index contributed by atoms with van der Waals surface area (Å²) < 4.78 is 80.9. The summed E-state index contributed by atoms with van der Waals surface area (Å²) in [6.07, 6.45) is -3.10. The number of aryl methyl sites for hydroxylation is 1. The first-order valence-corrected chi connectivity index (χ1v) is 10.8. The van der Waals surface area contributed by atoms with E-state index in [0.29, 0.717) is 18.9 Å². The molecule has 0 fully saturated rings. The van der Waals surface area contributed by atoms with Crippen LogP contribution >= 0.6 is 0 Å². The van der Waals surface area contributed by atoms with Crippen LogP contribution in [0.2, 0.25) is 0 Å². The highest BCUT2D eigenvalue weighted by atomic mass is 19.4. The highest BCUT2D eigenvalue weighted by Crippen LogP contribution is 2.41. The maximum atomic E-state index is 14.9. The first-order chi connectivity index (χ1) is 15.9. The molecule has 0 heterocycles. The molecule has 186 valence electrons. The number of rotatable bonds is 10. The summed E-state index contributed by atoms with van der Waals surface area (Å²) in [4.78, 5) is 11.8. The molecule has 2 N–H and O–H groups in total. The zero-order chi connectivity index (χ0) is 25.6. The van der Waals surface area contributed by atoms with Gasteiger partial charge in [-0.05, 0) is 62.9 Å². The van der Waals surface area contributed by atoms with Crippen LogP contribution in [0.15, 0.2) is 36.9 Å². The summed E-state index contributed by atoms with van der Waals surface area (Å²) in [7, 11) is 0. The van der Waals surface area contributed by atoms with Gasteiger partial charge in [0, 0.05) is 23.2 Å². The third-order valence-corrected chi connectivity index (χ3v) is 5.16. The van der Waals surface area contributed by atoms with E-state index >= 15 is 0 Å². The molecule has 0 radical (unpaired) electrons. The Kier molecular flexibility index (Phi) is 9.21. The van der Waals surface area contributed by atoms with E-state index in [-0.39, 0.29) is 29.0 Å². The van der Waals surface area contributed by atoms with E-state index < -0.39 is 53.5 Å². The van der Waals surface area contributed by atoms with Gasteiger partial charge in [0.15, 0.2) is 0 Å². The lowest BCUT2D eigenvalue weighted by Crippen LogP contribution is -2.21. The predicted molar refractivity (Wildman–Crippen MR) is 119 cm³/mol. The van der Waals surface area contributed by atoms with E-state index in [1.54, 1.807) is 19.9 Å². The van der Waals surface area contributed by atoms with Crippen LogP contribution in [0.4, 0.5) is 22.0 Å². The van der Waals surface area contributed by atoms with Crippen molar-refractivity contribution in [3.63, 3.8) is 0 Å². The van der Waals surface area contributed by atoms with E-state index in [9.17, 15) is 26.7 Å². The summed E-state index contributed by atoms with van der Waals surface area (Å²) in [5.74, 6) is -2.97. The van der Waals surface area contributed by atoms with Gasteiger partial charge in [-0.1, -0.05) is 6.08 Å². The maximum Gasteiger partial charge on any atom is 0.419 e. The maximum absolute atomic E-state index is 14.9. The van der Waals surface area contributed by atoms with Crippen molar-refractivity contribution in [1.82, 2.24) is 0 Å². The van der Waals surface area contributed by atoms with Gasteiger partial charge < -0.3 is 15.2 Å². The SMILES string of the molecule is C=CCCC(C)Oc1cc(F)cc(C)c1-c1cc([C@@H](N)CC(=O)OCC)c(F)c(C(F)(F)F)c1. The van der Waals surface area contributed by atoms with Crippen LogP contribution in [-0.4, -0.2) is 18.7 Å². The van der Waals surface area contributed by atoms with Gasteiger partial charge in [0.1, 0.15) is 17.4 Å². The number of hydrogen-bond donors (Lipinski definition) is 1. The van der Waals surface area contributed by atoms with Crippen LogP contribution in [0, 0.1) is 18.6 Å². The Morgan fingerprint density at radius 1 is 1.21 bits per heavy atom. The molecule has 34 heavy (non-hydrogen) atoms. The topological polar surface area (TPSA) is 61.5 Å². The molecule has 2 atom stereocenters. The van der Waals surface area contributed by atoms with E-state index in [1.807, 2.05) is 0 Å². The lowest BCUT2D eigenvalue weighted by atomic mass is 9.92. The number of hydrogen-bond acceptors (Lipinski definition) is 4. The van der Waals surface area contributed by atoms with Crippen molar-refractivity contribution in [3.8, 4) is 16.9 Å². The van der Waals surface area contributed by atoms with E-state index in [4.69, 9.17) is 15.2 Å². The van der Waals surface area contributed by atoms with Crippen molar-refractivity contribution in [2.24, 2.45) is 5.73 Å². The van der Waals surface area contributed by atoms with Gasteiger partial charge in [-0.3, -0.25) is 4.79 Å². The molecular weight excluding hydrogens is 457 g/mol. The zero-order valence-corrected chi connectivity index (χ0v) is 19.3. The fourth-order valence-electron chi connectivity index (χ4n) is 3.58. The molecule has 0 aliphatic carbocycles. The quantitative estimate of drug-likeness (QED) is 0.233. The minimum atomic E-state index is -5.04. The predicted octanol–water partition coefficient (Wildman–Crippen LogP) is 6.65. The van der Waals surface area contributed by atoms with E-state index in [2.05, 4.69) is 6.58 Å². The molecule has 0 amide bonds. The molecule has 0 aliphatic rings. The van der Waals surface area contributed by atoms with Crippen LogP contribution in [0.3, 0.4) is 0 Å². The van der Waals surface area contributed by atoms with Gasteiger partial charge in [-0.15, -0.1) is 6.58 Å². The summed E-state index contributed by atoms with van der Waals surface area (Å²) in [5, 5.41) is 0. The van der Waals surface area contributed by atoms with Crippen molar-refractivity contribution < 1.29 is 36.2 Å². The first-order valence-electron chi connectivity index (χ1n) is 10.8. The van der Waals surface area contributed by atoms with Crippen LogP contribution in [0.25, 0.3) is 11.1 Å². The number of carbonyl (C=O) groups excluding carboxylic acids is 1. The first kappa shape index (κ1) is 27.3. The molecule has 2 rings (SSSR count). The molecular formula is C25H28F5NO3. The number of alkyl halides is 3. The number of halogens is 5. The smallest absolute Gasteiger partial charge is 0.419 e. The van der Waals surface area contributed by atoms with Crippen LogP contribution < -0.4 is 10.5 Å². The highest BCUT2D eigenvalue weighted by molar-refractivity contribution is 5.76. The molecule has 9 heteroatoms. The van der Waals surface area contributed by atoms with Crippen LogP contribution in [0.5, 0.6) is 5.75 Å². The summed E-state index contributed by atoms with van der Waals surface area (Å²) in [6, 6.07) is 2.59. The average molecular weight is 485 g/mol. The van der Waals surface area contributed by atoms with E-state index in [0.717, 1.165) is 18.2 Å². The Morgan fingerprint density at radius 3 is 2.47 bits per heavy atom. The fraction of sp³-hybridized carbons (Fsp3) is 0.400. The second-order valence-electron chi connectivity index (χ2n) is 7.93. The number of allylic oxidation sites excluding steroid dienone is 1. The van der Waals surface area contributed by atoms with E-state index in [1.165, 1.54) is 6.92 Å². The Bertz CT molecular complexity index is 1040. The number of benzene rings is 2. The van der Waals surface area contributed by atoms with Crippen molar-refractivity contribution in [1.29, 1.82) is 0 Å². The van der Waals surface area contributed by atoms with Gasteiger partial charge >= 0.3 is 12.1 Å². The van der Waals surface area contributed by atoms with Gasteiger partial charge in [-0.2, -0.15) is 13.2 Å². The Morgan fingerprint density at radius 2 is 1.88 bits per heavy atom. The summed E-state index contributed by atoms with van der Waals surface area (Å²) in [6.45, 7) is 8.47. The van der Waals surface area contributed by atoms with Crippen LogP contribution in [-0.2, 0) is 15.7 Å². The molecule has 0 saturated carbocycles. The number of nitrogens with two attached hydrogens (primary N) is 1. The average Bonchev–Trinajstić information content (AvgIpc) is 2.71. The molecule has 0 aromatic heterocycles. The molecule has 0 bridgehead atoms. The highest BCUT2D eigenvalue weighted by Gasteiger charge is 2.37. The van der Waals surface area contributed by atoms with Crippen molar-refractivity contribution in [2.45, 2.75) is 58.4 Å². The van der Waals surface area contributed by atoms with Gasteiger partial charge in [0.2, 0.25) is 0 Å². The molecule has 2 aromatic carbocycles. The minimum Gasteiger partial charge on any atom is -0.490 e. The van der Waals surface area contributed by atoms with Gasteiger partial charge in [0.05, 0.1) is 24.7 Å². The number of ether oxygens (including phenoxy) is 2. The fourth-order valence-corrected chi connectivity index (χ4v) is 3.58. The third-order valence-electron chi connectivity index (χ3n) is 5.16. The van der Waals surface area contributed by atoms with Crippen LogP contribution in [0.1, 0.15) is 55.8 Å². The molecule has 1 unspecified atom stereocenters. The second kappa shape index (κ2) is 11.5. The van der Waals surface area contributed by atoms with Gasteiger partial charge in [-0.25, -0.2) is 8.78 Å². The molecule has 0 spiro atoms. The third kappa shape index (κ3) is 6.79. The molecule has 0 saturated heterocycles. The lowest BCUT2D eigenvalue weighted by Gasteiger charge is -2.22. The summed E-state index contributed by atoms with van der Waals surface area (Å²) in [5.41, 5.74) is 4.25. The van der Waals surface area contributed by atoms with Gasteiger partial charge in [0.25, 0.3) is 0 Å². The second-order valence-corrected chi connectivity index (χ2v) is 7.93. The Balaban J connectivity index is 2.68. The molecule has 0 aliphatic heterocycles. The molecule has 2 aromatic rings. The zero-order valence-electron chi connectivity index (χ0n) is 19.3. The van der Waals surface area contributed by atoms with Crippen molar-refractivity contribution in [2.75, 3.05) is 6.61 Å². The standard InChI is InChI=1S/C25H28F5NO3/c1-5-7-8-15(4)34-21-12-17(26)9-14(3)23(21)16-10-18(20(31)13-22(32)33-6-2)24(27)19(11-16)25(28,29)30/h5,9-12,15,20H,1,6-8,13,31H2,2-4H3/t15?,20-/m0/s1. The minimum absolute atomic E-state index is 0.0127. The molecule has 4 nitrogen and oxygen atoms in total. The monoisotopic (exact) mass is 485 g/mol. The van der Waals surface area contributed by atoms with Crippen molar-refractivity contribution >= 4 is 5.97 Å². The van der Waals surface area contributed by atoms with Crippen molar-refractivity contribution in [3.05, 3.63) is 65.2 Å². The lowest BCUT2D eigenvalue weighted by molar-refractivity contribution is -0.143. The summed E-state index contributed by atoms with van der Waals surface area (Å²) >= 11 is 0. The normalized spacial score (nSPS) is 13.3. The Hall–Kier alpha value is -2.94. The largest absolute Gasteiger partial charge is 0.490 e. The number of carbonyl (C=O) groups is 1. The number of esters is 1.